The molecule has 0 saturated heterocycles. The van der Waals surface area contributed by atoms with E-state index < -0.39 is 0 Å². The molecule has 1 N–H and O–H groups in total. The summed E-state index contributed by atoms with van der Waals surface area (Å²) in [6.45, 7) is 8.22. The lowest BCUT2D eigenvalue weighted by Crippen LogP contribution is -2.36. The Morgan fingerprint density at radius 1 is 0.972 bits per heavy atom. The van der Waals surface area contributed by atoms with Gasteiger partial charge in [-0.05, 0) is 61.2 Å². The Morgan fingerprint density at radius 3 is 2.39 bits per heavy atom. The molecule has 4 aromatic rings. The van der Waals surface area contributed by atoms with E-state index in [0.29, 0.717) is 42.5 Å². The van der Waals surface area contributed by atoms with Gasteiger partial charge in [-0.1, -0.05) is 48.5 Å². The summed E-state index contributed by atoms with van der Waals surface area (Å²) in [5.74, 6) is 1.88. The second-order valence-corrected chi connectivity index (χ2v) is 9.99. The van der Waals surface area contributed by atoms with Crippen LogP contribution in [0, 0.1) is 6.92 Å². The fourth-order valence-corrected chi connectivity index (χ4v) is 4.60. The third-order valence-electron chi connectivity index (χ3n) is 6.36. The molecular weight excluding hydrogens is 454 g/mol. The highest BCUT2D eigenvalue weighted by atomic mass is 16.3. The normalized spacial score (nSPS) is 13.7. The molecule has 1 amide bonds. The lowest BCUT2D eigenvalue weighted by molar-refractivity contribution is -0.119. The topological polar surface area (TPSA) is 110 Å². The van der Waals surface area contributed by atoms with Gasteiger partial charge in [0.1, 0.15) is 11.6 Å². The predicted octanol–water partition coefficient (Wildman–Crippen LogP) is 3.83. The van der Waals surface area contributed by atoms with Gasteiger partial charge in [0.15, 0.2) is 5.82 Å². The molecular formula is C27H29N7O2. The minimum atomic E-state index is -0.259. The average Bonchev–Trinajstić information content (AvgIpc) is 3.36. The first kappa shape index (κ1) is 23.7. The summed E-state index contributed by atoms with van der Waals surface area (Å²) in [6.07, 6.45) is 0.922. The van der Waals surface area contributed by atoms with Crippen LogP contribution in [-0.2, 0) is 29.9 Å². The van der Waals surface area contributed by atoms with Gasteiger partial charge in [-0.15, -0.1) is 5.10 Å². The van der Waals surface area contributed by atoms with Gasteiger partial charge in [-0.3, -0.25) is 9.69 Å². The van der Waals surface area contributed by atoms with E-state index in [2.05, 4.69) is 64.5 Å². The number of aliphatic hydroxyl groups excluding tert-OH is 1. The molecule has 0 spiro atoms. The zero-order chi connectivity index (χ0) is 25.4. The van der Waals surface area contributed by atoms with Crippen molar-refractivity contribution in [3.8, 4) is 22.5 Å². The van der Waals surface area contributed by atoms with Crippen molar-refractivity contribution in [1.29, 1.82) is 0 Å². The Bertz CT molecular complexity index is 1420. The summed E-state index contributed by atoms with van der Waals surface area (Å²) in [4.78, 5) is 23.4. The number of aromatic nitrogens is 6. The number of aryl methyl sites for hydroxylation is 1. The number of hydrogen-bond acceptors (Lipinski definition) is 7. The zero-order valence-corrected chi connectivity index (χ0v) is 20.9. The van der Waals surface area contributed by atoms with Crippen LogP contribution in [0.5, 0.6) is 0 Å². The second kappa shape index (κ2) is 9.23. The van der Waals surface area contributed by atoms with Crippen LogP contribution in [0.1, 0.15) is 49.8 Å². The van der Waals surface area contributed by atoms with Crippen molar-refractivity contribution in [1.82, 2.24) is 30.2 Å². The third kappa shape index (κ3) is 4.37. The van der Waals surface area contributed by atoms with E-state index >= 15 is 0 Å². The maximum absolute atomic E-state index is 12.8. The Balaban J connectivity index is 1.46. The quantitative estimate of drug-likeness (QED) is 0.459. The van der Waals surface area contributed by atoms with E-state index in [0.717, 1.165) is 27.8 Å². The van der Waals surface area contributed by atoms with Crippen LogP contribution in [0.25, 0.3) is 22.5 Å². The van der Waals surface area contributed by atoms with E-state index in [1.54, 1.807) is 11.8 Å². The number of benzene rings is 2. The Kier molecular flexibility index (Phi) is 6.09. The second-order valence-electron chi connectivity index (χ2n) is 9.99. The standard InChI is InChI=1S/C27H29N7O2/c1-17-28-23(16-35)22-13-14-24(36)33(25(22)29-17)15-18-9-11-19(12-10-18)20-7-5-6-8-21(20)26-30-31-32-34(26)27(2,3)4/h5-12,35H,13-16H2,1-4H3. The summed E-state index contributed by atoms with van der Waals surface area (Å²) in [6, 6.07) is 16.2. The summed E-state index contributed by atoms with van der Waals surface area (Å²) < 4.78 is 1.84. The van der Waals surface area contributed by atoms with Gasteiger partial charge in [0.05, 0.1) is 24.4 Å². The van der Waals surface area contributed by atoms with Gasteiger partial charge in [-0.2, -0.15) is 0 Å². The molecule has 1 aliphatic rings. The van der Waals surface area contributed by atoms with Crippen LogP contribution in [-0.4, -0.2) is 41.2 Å². The third-order valence-corrected chi connectivity index (χ3v) is 6.36. The SMILES string of the molecule is Cc1nc(CO)c2c(n1)N(Cc1ccc(-c3ccccc3-c3nnnn3C(C)(C)C)cc1)C(=O)CC2. The average molecular weight is 484 g/mol. The molecule has 0 atom stereocenters. The molecule has 0 unspecified atom stereocenters. The Morgan fingerprint density at radius 2 is 1.69 bits per heavy atom. The van der Waals surface area contributed by atoms with Crippen molar-refractivity contribution in [2.45, 2.75) is 59.2 Å². The van der Waals surface area contributed by atoms with Crippen LogP contribution < -0.4 is 4.90 Å². The van der Waals surface area contributed by atoms with Gasteiger partial charge in [-0.25, -0.2) is 14.6 Å². The minimum Gasteiger partial charge on any atom is -0.390 e. The first-order valence-electron chi connectivity index (χ1n) is 12.0. The Hall–Kier alpha value is -3.98. The number of aliphatic hydroxyl groups is 1. The van der Waals surface area contributed by atoms with Crippen molar-refractivity contribution < 1.29 is 9.90 Å². The lowest BCUT2D eigenvalue weighted by Gasteiger charge is -2.29. The molecule has 2 aromatic heterocycles. The summed E-state index contributed by atoms with van der Waals surface area (Å²) in [5.41, 5.74) is 5.19. The lowest BCUT2D eigenvalue weighted by atomic mass is 9.97. The molecule has 3 heterocycles. The first-order chi connectivity index (χ1) is 17.3. The van der Waals surface area contributed by atoms with Crippen LogP contribution in [0.3, 0.4) is 0 Å². The zero-order valence-electron chi connectivity index (χ0n) is 20.9. The summed E-state index contributed by atoms with van der Waals surface area (Å²) in [5, 5.41) is 22.2. The number of tetrazole rings is 1. The number of anilines is 1. The van der Waals surface area contributed by atoms with E-state index in [1.807, 2.05) is 35.0 Å². The number of fused-ring (bicyclic) bond motifs is 1. The van der Waals surface area contributed by atoms with Crippen molar-refractivity contribution >= 4 is 11.7 Å². The van der Waals surface area contributed by atoms with Crippen molar-refractivity contribution in [2.24, 2.45) is 0 Å². The molecule has 0 aliphatic carbocycles. The van der Waals surface area contributed by atoms with Crippen molar-refractivity contribution in [3.05, 3.63) is 71.2 Å². The molecule has 0 bridgehead atoms. The number of hydrogen-bond donors (Lipinski definition) is 1. The molecule has 9 nitrogen and oxygen atoms in total. The Labute approximate surface area is 209 Å². The number of carbonyl (C=O) groups excluding carboxylic acids is 1. The number of rotatable bonds is 5. The van der Waals surface area contributed by atoms with E-state index in [-0.39, 0.29) is 18.1 Å². The first-order valence-corrected chi connectivity index (χ1v) is 12.0. The van der Waals surface area contributed by atoms with Gasteiger partial charge in [0.25, 0.3) is 0 Å². The van der Waals surface area contributed by atoms with Crippen molar-refractivity contribution in [2.75, 3.05) is 4.90 Å². The molecule has 1 aliphatic heterocycles. The van der Waals surface area contributed by atoms with Gasteiger partial charge in [0, 0.05) is 17.5 Å². The molecule has 184 valence electrons. The number of carbonyl (C=O) groups is 1. The van der Waals surface area contributed by atoms with Crippen LogP contribution in [0.15, 0.2) is 48.5 Å². The fraction of sp³-hybridized carbons (Fsp3) is 0.333. The molecule has 0 radical (unpaired) electrons. The van der Waals surface area contributed by atoms with E-state index in [9.17, 15) is 9.90 Å². The maximum Gasteiger partial charge on any atom is 0.228 e. The predicted molar refractivity (Wildman–Crippen MR) is 136 cm³/mol. The van der Waals surface area contributed by atoms with Gasteiger partial charge in [0.2, 0.25) is 5.91 Å². The highest BCUT2D eigenvalue weighted by Crippen LogP contribution is 2.34. The highest BCUT2D eigenvalue weighted by molar-refractivity contribution is 5.95. The fourth-order valence-electron chi connectivity index (χ4n) is 4.60. The molecule has 2 aromatic carbocycles. The van der Waals surface area contributed by atoms with Crippen LogP contribution >= 0.6 is 0 Å². The smallest absolute Gasteiger partial charge is 0.228 e. The van der Waals surface area contributed by atoms with Gasteiger partial charge < -0.3 is 5.11 Å². The number of amides is 1. The van der Waals surface area contributed by atoms with Crippen LogP contribution in [0.2, 0.25) is 0 Å². The van der Waals surface area contributed by atoms with Gasteiger partial charge >= 0.3 is 0 Å². The van der Waals surface area contributed by atoms with Crippen LogP contribution in [0.4, 0.5) is 5.82 Å². The summed E-state index contributed by atoms with van der Waals surface area (Å²) in [7, 11) is 0. The molecule has 9 heteroatoms. The molecule has 36 heavy (non-hydrogen) atoms. The molecule has 0 saturated carbocycles. The van der Waals surface area contributed by atoms with E-state index in [4.69, 9.17) is 0 Å². The number of nitrogens with zero attached hydrogens (tertiary/aromatic N) is 7. The summed E-state index contributed by atoms with van der Waals surface area (Å²) >= 11 is 0. The highest BCUT2D eigenvalue weighted by Gasteiger charge is 2.28. The maximum atomic E-state index is 12.8. The monoisotopic (exact) mass is 483 g/mol. The minimum absolute atomic E-state index is 0.0212. The largest absolute Gasteiger partial charge is 0.390 e. The molecule has 5 rings (SSSR count). The van der Waals surface area contributed by atoms with E-state index in [1.165, 1.54) is 0 Å². The van der Waals surface area contributed by atoms with Crippen molar-refractivity contribution in [3.63, 3.8) is 0 Å². The molecule has 0 fully saturated rings.